The van der Waals surface area contributed by atoms with Crippen LogP contribution in [0.2, 0.25) is 5.02 Å². The van der Waals surface area contributed by atoms with Gasteiger partial charge in [0.25, 0.3) is 0 Å². The molecule has 0 bridgehead atoms. The van der Waals surface area contributed by atoms with Crippen LogP contribution in [0.4, 0.5) is 4.39 Å². The van der Waals surface area contributed by atoms with Gasteiger partial charge in [0.1, 0.15) is 5.82 Å². The lowest BCUT2D eigenvalue weighted by atomic mass is 10.1. The first kappa shape index (κ1) is 17.7. The number of nitrogens with zero attached hydrogens (tertiary/aromatic N) is 3. The zero-order valence-corrected chi connectivity index (χ0v) is 15.3. The van der Waals surface area contributed by atoms with Gasteiger partial charge in [0, 0.05) is 31.0 Å². The molecule has 1 aromatic heterocycles. The molecule has 8 heteroatoms. The zero-order chi connectivity index (χ0) is 18.1. The standard InChI is InChI=1S/C18H21ClFN3O3/c1-24-17-13(19)8-12(9-14(17)20)18-21-2-3-23(18)16-11-26-10-15(16)22-4-6-25-7-5-22/h2-3,8-9,15-16H,4-7,10-11H2,1H3/t15-,16-/m0/s1. The first-order valence-electron chi connectivity index (χ1n) is 8.65. The number of halogens is 2. The lowest BCUT2D eigenvalue weighted by Crippen LogP contribution is -2.47. The van der Waals surface area contributed by atoms with E-state index in [2.05, 4.69) is 14.5 Å². The van der Waals surface area contributed by atoms with E-state index in [1.165, 1.54) is 13.2 Å². The number of morpholine rings is 1. The minimum atomic E-state index is -0.503. The molecule has 0 amide bonds. The van der Waals surface area contributed by atoms with E-state index in [4.69, 9.17) is 25.8 Å². The first-order valence-corrected chi connectivity index (χ1v) is 9.02. The molecule has 0 saturated carbocycles. The van der Waals surface area contributed by atoms with Crippen LogP contribution in [0.15, 0.2) is 24.5 Å². The Kier molecular flexibility index (Phi) is 5.13. The number of hydrogen-bond acceptors (Lipinski definition) is 5. The molecule has 26 heavy (non-hydrogen) atoms. The van der Waals surface area contributed by atoms with E-state index in [0.717, 1.165) is 26.3 Å². The van der Waals surface area contributed by atoms with Crippen molar-refractivity contribution in [1.29, 1.82) is 0 Å². The summed E-state index contributed by atoms with van der Waals surface area (Å²) in [4.78, 5) is 6.84. The third kappa shape index (κ3) is 3.20. The van der Waals surface area contributed by atoms with Crippen molar-refractivity contribution in [3.8, 4) is 17.1 Å². The fraction of sp³-hybridized carbons (Fsp3) is 0.500. The topological polar surface area (TPSA) is 48.8 Å². The molecule has 1 aromatic carbocycles. The van der Waals surface area contributed by atoms with Crippen LogP contribution in [0, 0.1) is 5.82 Å². The number of imidazole rings is 1. The SMILES string of the molecule is COc1c(F)cc(-c2nccn2[C@H]2COC[C@@H]2N2CCOCC2)cc1Cl. The Morgan fingerprint density at radius 3 is 2.69 bits per heavy atom. The zero-order valence-electron chi connectivity index (χ0n) is 14.5. The average molecular weight is 382 g/mol. The van der Waals surface area contributed by atoms with Crippen molar-refractivity contribution in [2.45, 2.75) is 12.1 Å². The van der Waals surface area contributed by atoms with Crippen LogP contribution < -0.4 is 4.74 Å². The largest absolute Gasteiger partial charge is 0.492 e. The summed E-state index contributed by atoms with van der Waals surface area (Å²) in [5, 5.41) is 0.226. The van der Waals surface area contributed by atoms with E-state index in [1.54, 1.807) is 12.3 Å². The molecule has 0 aliphatic carbocycles. The fourth-order valence-electron chi connectivity index (χ4n) is 3.74. The van der Waals surface area contributed by atoms with Gasteiger partial charge >= 0.3 is 0 Å². The highest BCUT2D eigenvalue weighted by Crippen LogP contribution is 2.35. The van der Waals surface area contributed by atoms with Gasteiger partial charge in [0.05, 0.1) is 50.6 Å². The maximum absolute atomic E-state index is 14.3. The van der Waals surface area contributed by atoms with Crippen molar-refractivity contribution < 1.29 is 18.6 Å². The summed E-state index contributed by atoms with van der Waals surface area (Å²) in [6.45, 7) is 4.51. The van der Waals surface area contributed by atoms with E-state index in [0.29, 0.717) is 24.6 Å². The van der Waals surface area contributed by atoms with E-state index >= 15 is 0 Å². The number of ether oxygens (including phenoxy) is 3. The molecule has 2 fully saturated rings. The predicted octanol–water partition coefficient (Wildman–Crippen LogP) is 2.62. The molecule has 2 aliphatic rings. The minimum Gasteiger partial charge on any atom is -0.492 e. The molecular weight excluding hydrogens is 361 g/mol. The molecule has 3 heterocycles. The van der Waals surface area contributed by atoms with Crippen LogP contribution in [0.25, 0.3) is 11.4 Å². The predicted molar refractivity (Wildman–Crippen MR) is 95.2 cm³/mol. The van der Waals surface area contributed by atoms with E-state index in [-0.39, 0.29) is 22.9 Å². The highest BCUT2D eigenvalue weighted by molar-refractivity contribution is 6.32. The van der Waals surface area contributed by atoms with Crippen LogP contribution in [0.1, 0.15) is 6.04 Å². The Morgan fingerprint density at radius 2 is 1.96 bits per heavy atom. The Labute approximate surface area is 156 Å². The van der Waals surface area contributed by atoms with Crippen LogP contribution in [0.5, 0.6) is 5.75 Å². The summed E-state index contributed by atoms with van der Waals surface area (Å²) in [5.74, 6) is 0.211. The highest BCUT2D eigenvalue weighted by Gasteiger charge is 2.36. The smallest absolute Gasteiger partial charge is 0.173 e. The van der Waals surface area contributed by atoms with Gasteiger partial charge in [-0.2, -0.15) is 0 Å². The molecule has 0 radical (unpaired) electrons. The van der Waals surface area contributed by atoms with Crippen molar-refractivity contribution in [2.24, 2.45) is 0 Å². The van der Waals surface area contributed by atoms with Crippen molar-refractivity contribution in [3.63, 3.8) is 0 Å². The Bertz CT molecular complexity index is 756. The summed E-state index contributed by atoms with van der Waals surface area (Å²) in [6.07, 6.45) is 3.64. The Hall–Kier alpha value is -1.67. The molecule has 0 unspecified atom stereocenters. The molecule has 6 nitrogen and oxygen atoms in total. The van der Waals surface area contributed by atoms with Gasteiger partial charge in [-0.05, 0) is 12.1 Å². The van der Waals surface area contributed by atoms with Crippen molar-refractivity contribution in [1.82, 2.24) is 14.5 Å². The first-order chi connectivity index (χ1) is 12.7. The molecule has 0 spiro atoms. The number of hydrogen-bond donors (Lipinski definition) is 0. The molecule has 4 rings (SSSR count). The molecular formula is C18H21ClFN3O3. The average Bonchev–Trinajstić information content (AvgIpc) is 3.31. The normalized spacial score (nSPS) is 24.1. The fourth-order valence-corrected chi connectivity index (χ4v) is 4.03. The summed E-state index contributed by atoms with van der Waals surface area (Å²) < 4.78 is 32.6. The van der Waals surface area contributed by atoms with E-state index < -0.39 is 5.82 Å². The molecule has 0 N–H and O–H groups in total. The highest BCUT2D eigenvalue weighted by atomic mass is 35.5. The van der Waals surface area contributed by atoms with Gasteiger partial charge in [0.2, 0.25) is 0 Å². The van der Waals surface area contributed by atoms with Gasteiger partial charge in [-0.25, -0.2) is 9.37 Å². The Morgan fingerprint density at radius 1 is 1.19 bits per heavy atom. The van der Waals surface area contributed by atoms with Gasteiger partial charge in [-0.1, -0.05) is 11.6 Å². The molecule has 2 aromatic rings. The van der Waals surface area contributed by atoms with Crippen molar-refractivity contribution in [2.75, 3.05) is 46.6 Å². The number of rotatable bonds is 4. The van der Waals surface area contributed by atoms with Crippen molar-refractivity contribution >= 4 is 11.6 Å². The second kappa shape index (κ2) is 7.52. The third-order valence-electron chi connectivity index (χ3n) is 5.02. The van der Waals surface area contributed by atoms with Crippen LogP contribution in [-0.4, -0.2) is 67.1 Å². The van der Waals surface area contributed by atoms with Crippen LogP contribution >= 0.6 is 11.6 Å². The van der Waals surface area contributed by atoms with Crippen LogP contribution in [0.3, 0.4) is 0 Å². The second-order valence-corrected chi connectivity index (χ2v) is 6.86. The number of methoxy groups -OCH3 is 1. The quantitative estimate of drug-likeness (QED) is 0.814. The maximum Gasteiger partial charge on any atom is 0.173 e. The Balaban J connectivity index is 1.66. The van der Waals surface area contributed by atoms with E-state index in [1.807, 2.05) is 6.20 Å². The molecule has 2 saturated heterocycles. The maximum atomic E-state index is 14.3. The summed E-state index contributed by atoms with van der Waals surface area (Å²) in [5.41, 5.74) is 0.617. The molecule has 140 valence electrons. The van der Waals surface area contributed by atoms with Gasteiger partial charge < -0.3 is 18.8 Å². The van der Waals surface area contributed by atoms with Gasteiger partial charge in [-0.15, -0.1) is 0 Å². The van der Waals surface area contributed by atoms with Crippen LogP contribution in [-0.2, 0) is 9.47 Å². The number of benzene rings is 1. The number of aromatic nitrogens is 2. The van der Waals surface area contributed by atoms with Gasteiger partial charge in [-0.3, -0.25) is 4.90 Å². The monoisotopic (exact) mass is 381 g/mol. The summed E-state index contributed by atoms with van der Waals surface area (Å²) in [7, 11) is 1.40. The summed E-state index contributed by atoms with van der Waals surface area (Å²) >= 11 is 6.17. The van der Waals surface area contributed by atoms with Gasteiger partial charge in [0.15, 0.2) is 11.6 Å². The lowest BCUT2D eigenvalue weighted by Gasteiger charge is -2.35. The summed E-state index contributed by atoms with van der Waals surface area (Å²) in [6, 6.07) is 3.44. The molecule has 2 aliphatic heterocycles. The second-order valence-electron chi connectivity index (χ2n) is 6.45. The minimum absolute atomic E-state index is 0.0453. The molecule has 2 atom stereocenters. The lowest BCUT2D eigenvalue weighted by molar-refractivity contribution is 0.00880. The third-order valence-corrected chi connectivity index (χ3v) is 5.30. The van der Waals surface area contributed by atoms with Crippen molar-refractivity contribution in [3.05, 3.63) is 35.4 Å². The van der Waals surface area contributed by atoms with E-state index in [9.17, 15) is 4.39 Å².